The van der Waals surface area contributed by atoms with Crippen LogP contribution >= 0.6 is 0 Å². The van der Waals surface area contributed by atoms with Gasteiger partial charge in [-0.15, -0.1) is 0 Å². The summed E-state index contributed by atoms with van der Waals surface area (Å²) in [5, 5.41) is 20.8. The van der Waals surface area contributed by atoms with Gasteiger partial charge in [-0.1, -0.05) is 12.1 Å². The first-order valence-electron chi connectivity index (χ1n) is 11.9. The summed E-state index contributed by atoms with van der Waals surface area (Å²) in [7, 11) is 0. The highest BCUT2D eigenvalue weighted by atomic mass is 19.4. The standard InChI is InChI=1S/C24H28F3N7O2/c25-24(26,27)23-30-20(33-11-9-32(10-12-33)13-14-35)15-21(31-23)34-8-6-19(34)22(36)29-7-5-17-1-3-18(16-28)4-2-17/h1-4,15,19,35H,5-14H2,(H,29,36)/t19-/m0/s1. The number of carbonyl (C=O) groups is 1. The molecule has 36 heavy (non-hydrogen) atoms. The molecule has 4 rings (SSSR count). The number of anilines is 2. The molecule has 2 N–H and O–H groups in total. The molecule has 1 amide bonds. The molecular weight excluding hydrogens is 475 g/mol. The lowest BCUT2D eigenvalue weighted by Gasteiger charge is -2.41. The van der Waals surface area contributed by atoms with Crippen LogP contribution in [0.2, 0.25) is 0 Å². The Hall–Kier alpha value is -3.43. The maximum atomic E-state index is 13.6. The van der Waals surface area contributed by atoms with Gasteiger partial charge in [0.2, 0.25) is 11.7 Å². The van der Waals surface area contributed by atoms with E-state index in [1.807, 2.05) is 17.0 Å². The normalized spacial score (nSPS) is 18.5. The Kier molecular flexibility index (Phi) is 7.91. The number of rotatable bonds is 8. The van der Waals surface area contributed by atoms with Gasteiger partial charge in [0.1, 0.15) is 17.7 Å². The van der Waals surface area contributed by atoms with Gasteiger partial charge < -0.3 is 20.2 Å². The number of hydrogen-bond acceptors (Lipinski definition) is 8. The highest BCUT2D eigenvalue weighted by Gasteiger charge is 2.40. The second-order valence-corrected chi connectivity index (χ2v) is 8.81. The summed E-state index contributed by atoms with van der Waals surface area (Å²) < 4.78 is 40.8. The molecule has 0 bridgehead atoms. The molecule has 0 saturated carbocycles. The second kappa shape index (κ2) is 11.1. The second-order valence-electron chi connectivity index (χ2n) is 8.81. The number of nitrogens with zero attached hydrogens (tertiary/aromatic N) is 6. The summed E-state index contributed by atoms with van der Waals surface area (Å²) in [6, 6.07) is 10.0. The number of amides is 1. The van der Waals surface area contributed by atoms with Crippen LogP contribution in [0.3, 0.4) is 0 Å². The predicted molar refractivity (Wildman–Crippen MR) is 126 cm³/mol. The lowest BCUT2D eigenvalue weighted by molar-refractivity contribution is -0.144. The van der Waals surface area contributed by atoms with Crippen molar-refractivity contribution in [3.8, 4) is 6.07 Å². The molecule has 12 heteroatoms. The molecule has 0 unspecified atom stereocenters. The van der Waals surface area contributed by atoms with Crippen molar-refractivity contribution in [2.24, 2.45) is 0 Å². The Morgan fingerprint density at radius 3 is 2.39 bits per heavy atom. The van der Waals surface area contributed by atoms with Crippen molar-refractivity contribution in [1.82, 2.24) is 20.2 Å². The molecule has 9 nitrogen and oxygen atoms in total. The van der Waals surface area contributed by atoms with Crippen molar-refractivity contribution < 1.29 is 23.1 Å². The first-order valence-corrected chi connectivity index (χ1v) is 11.9. The Morgan fingerprint density at radius 2 is 1.81 bits per heavy atom. The van der Waals surface area contributed by atoms with Gasteiger partial charge in [0.15, 0.2) is 0 Å². The van der Waals surface area contributed by atoms with Crippen molar-refractivity contribution in [2.75, 3.05) is 62.2 Å². The van der Waals surface area contributed by atoms with Gasteiger partial charge in [-0.25, -0.2) is 9.97 Å². The zero-order valence-electron chi connectivity index (χ0n) is 19.7. The Bertz CT molecular complexity index is 1100. The van der Waals surface area contributed by atoms with Crippen LogP contribution in [0.25, 0.3) is 0 Å². The number of aromatic nitrogens is 2. The van der Waals surface area contributed by atoms with E-state index in [0.29, 0.717) is 64.2 Å². The van der Waals surface area contributed by atoms with Crippen molar-refractivity contribution >= 4 is 17.5 Å². The molecular formula is C24H28F3N7O2. The molecule has 1 aromatic carbocycles. The minimum atomic E-state index is -4.72. The highest BCUT2D eigenvalue weighted by molar-refractivity contribution is 5.86. The van der Waals surface area contributed by atoms with Crippen molar-refractivity contribution in [1.29, 1.82) is 5.26 Å². The maximum absolute atomic E-state index is 13.6. The largest absolute Gasteiger partial charge is 0.451 e. The molecule has 1 aromatic heterocycles. The van der Waals surface area contributed by atoms with E-state index in [1.54, 1.807) is 21.9 Å². The van der Waals surface area contributed by atoms with Gasteiger partial charge in [0.25, 0.3) is 0 Å². The fourth-order valence-electron chi connectivity index (χ4n) is 4.33. The summed E-state index contributed by atoms with van der Waals surface area (Å²) in [6.07, 6.45) is -3.63. The third-order valence-electron chi connectivity index (χ3n) is 6.48. The number of aliphatic hydroxyl groups is 1. The topological polar surface area (TPSA) is 109 Å². The van der Waals surface area contributed by atoms with Crippen LogP contribution in [0.15, 0.2) is 30.3 Å². The monoisotopic (exact) mass is 503 g/mol. The number of halogens is 3. The van der Waals surface area contributed by atoms with Crippen LogP contribution in [0, 0.1) is 11.3 Å². The van der Waals surface area contributed by atoms with Gasteiger partial charge >= 0.3 is 6.18 Å². The molecule has 2 aliphatic rings. The SMILES string of the molecule is N#Cc1ccc(CCNC(=O)[C@@H]2CCN2c2cc(N3CCN(CCO)CC3)nc(C(F)(F)F)n2)cc1. The fraction of sp³-hybridized carbons (Fsp3) is 0.500. The molecule has 0 aliphatic carbocycles. The number of aliphatic hydroxyl groups excluding tert-OH is 1. The third-order valence-corrected chi connectivity index (χ3v) is 6.48. The third kappa shape index (κ3) is 6.03. The first-order chi connectivity index (χ1) is 17.3. The lowest BCUT2D eigenvalue weighted by Crippen LogP contribution is -2.57. The molecule has 2 aromatic rings. The number of nitriles is 1. The van der Waals surface area contributed by atoms with Crippen LogP contribution in [0.5, 0.6) is 0 Å². The number of alkyl halides is 3. The molecule has 1 atom stereocenters. The minimum Gasteiger partial charge on any atom is -0.395 e. The summed E-state index contributed by atoms with van der Waals surface area (Å²) in [5.74, 6) is -1.22. The lowest BCUT2D eigenvalue weighted by atomic mass is 10.0. The number of β-amino-alcohol motifs (C(OH)–C–C–N with tert-alkyl or cyclic N) is 1. The fourth-order valence-corrected chi connectivity index (χ4v) is 4.33. The first kappa shape index (κ1) is 25.7. The van der Waals surface area contributed by atoms with E-state index >= 15 is 0 Å². The smallest absolute Gasteiger partial charge is 0.395 e. The van der Waals surface area contributed by atoms with E-state index in [9.17, 15) is 18.0 Å². The van der Waals surface area contributed by atoms with E-state index in [-0.39, 0.29) is 24.1 Å². The molecule has 192 valence electrons. The average molecular weight is 504 g/mol. The summed E-state index contributed by atoms with van der Waals surface area (Å²) >= 11 is 0. The van der Waals surface area contributed by atoms with E-state index in [1.165, 1.54) is 6.07 Å². The Labute approximate surface area is 207 Å². The Balaban J connectivity index is 1.42. The van der Waals surface area contributed by atoms with Crippen LogP contribution in [-0.4, -0.2) is 84.3 Å². The number of hydrogen-bond donors (Lipinski definition) is 2. The predicted octanol–water partition coefficient (Wildman–Crippen LogP) is 1.42. The average Bonchev–Trinajstić information content (AvgIpc) is 2.84. The molecule has 0 spiro atoms. The van der Waals surface area contributed by atoms with E-state index in [4.69, 9.17) is 10.4 Å². The summed E-state index contributed by atoms with van der Waals surface area (Å²) in [5.41, 5.74) is 1.52. The number of benzene rings is 1. The quantitative estimate of drug-likeness (QED) is 0.557. The summed E-state index contributed by atoms with van der Waals surface area (Å²) in [6.45, 7) is 3.51. The zero-order valence-corrected chi connectivity index (χ0v) is 19.7. The van der Waals surface area contributed by atoms with Gasteiger partial charge in [-0.3, -0.25) is 9.69 Å². The number of piperazine rings is 1. The van der Waals surface area contributed by atoms with Crippen LogP contribution < -0.4 is 15.1 Å². The van der Waals surface area contributed by atoms with Gasteiger partial charge in [-0.2, -0.15) is 18.4 Å². The van der Waals surface area contributed by atoms with Crippen molar-refractivity contribution in [3.63, 3.8) is 0 Å². The van der Waals surface area contributed by atoms with Gasteiger partial charge in [0, 0.05) is 51.9 Å². The Morgan fingerprint density at radius 1 is 1.11 bits per heavy atom. The molecule has 2 aliphatic heterocycles. The summed E-state index contributed by atoms with van der Waals surface area (Å²) in [4.78, 5) is 25.7. The van der Waals surface area contributed by atoms with Crippen molar-refractivity contribution in [3.05, 3.63) is 47.3 Å². The van der Waals surface area contributed by atoms with Crippen LogP contribution in [0.1, 0.15) is 23.4 Å². The molecule has 3 heterocycles. The number of carbonyl (C=O) groups excluding carboxylic acids is 1. The maximum Gasteiger partial charge on any atom is 0.451 e. The van der Waals surface area contributed by atoms with Gasteiger partial charge in [-0.05, 0) is 30.5 Å². The van der Waals surface area contributed by atoms with Crippen molar-refractivity contribution in [2.45, 2.75) is 25.1 Å². The van der Waals surface area contributed by atoms with E-state index in [0.717, 1.165) is 5.56 Å². The minimum absolute atomic E-state index is 0.0295. The van der Waals surface area contributed by atoms with Crippen LogP contribution in [-0.2, 0) is 17.4 Å². The number of nitrogens with one attached hydrogen (secondary N) is 1. The van der Waals surface area contributed by atoms with Crippen LogP contribution in [0.4, 0.5) is 24.8 Å². The molecule has 2 fully saturated rings. The van der Waals surface area contributed by atoms with E-state index < -0.39 is 18.0 Å². The van der Waals surface area contributed by atoms with E-state index in [2.05, 4.69) is 21.4 Å². The zero-order chi connectivity index (χ0) is 25.7. The van der Waals surface area contributed by atoms with Gasteiger partial charge in [0.05, 0.1) is 18.2 Å². The highest BCUT2D eigenvalue weighted by Crippen LogP contribution is 2.33. The molecule has 0 radical (unpaired) electrons. The molecule has 2 saturated heterocycles.